The number of carbonyl (C=O) groups excluding carboxylic acids is 2. The fourth-order valence-corrected chi connectivity index (χ4v) is 2.33. The average molecular weight is 270 g/mol. The molecule has 0 aromatic heterocycles. The van der Waals surface area contributed by atoms with E-state index in [1.807, 2.05) is 12.1 Å². The molecule has 1 aliphatic rings. The number of halogens is 1. The molecule has 0 radical (unpaired) electrons. The van der Waals surface area contributed by atoms with Crippen molar-refractivity contribution in [3.8, 4) is 0 Å². The number of carbonyl (C=O) groups is 2. The molecule has 1 heterocycles. The van der Waals surface area contributed by atoms with E-state index in [-0.39, 0.29) is 18.0 Å². The van der Waals surface area contributed by atoms with Gasteiger partial charge in [0.2, 0.25) is 5.91 Å². The molecule has 0 spiro atoms. The maximum absolute atomic E-state index is 13.7. The zero-order valence-electron chi connectivity index (χ0n) is 10.5. The van der Waals surface area contributed by atoms with Gasteiger partial charge < -0.3 is 10.2 Å². The number of fused-ring (bicyclic) bond motifs is 1. The molecule has 0 unspecified atom stereocenters. The number of rotatable bonds is 2. The Hall–Kier alpha value is -2.69. The fourth-order valence-electron chi connectivity index (χ4n) is 2.33. The number of para-hydroxylation sites is 2. The maximum Gasteiger partial charge on any atom is 0.244 e. The first-order valence-corrected chi connectivity index (χ1v) is 6.11. The molecule has 1 N–H and O–H groups in total. The lowest BCUT2D eigenvalue weighted by Gasteiger charge is -2.31. The van der Waals surface area contributed by atoms with Gasteiger partial charge in [0.25, 0.3) is 0 Å². The largest absolute Gasteiger partial charge is 0.330 e. The predicted octanol–water partition coefficient (Wildman–Crippen LogP) is 2.73. The maximum atomic E-state index is 13.7. The van der Waals surface area contributed by atoms with Crippen molar-refractivity contribution in [2.45, 2.75) is 0 Å². The molecule has 0 atom stereocenters. The Labute approximate surface area is 114 Å². The van der Waals surface area contributed by atoms with Crippen LogP contribution in [0.3, 0.4) is 0 Å². The lowest BCUT2D eigenvalue weighted by atomic mass is 10.1. The Kier molecular flexibility index (Phi) is 2.95. The summed E-state index contributed by atoms with van der Waals surface area (Å²) in [4.78, 5) is 24.5. The highest BCUT2D eigenvalue weighted by Crippen LogP contribution is 2.36. The molecule has 3 rings (SSSR count). The van der Waals surface area contributed by atoms with Crippen molar-refractivity contribution in [1.29, 1.82) is 0 Å². The van der Waals surface area contributed by atoms with Gasteiger partial charge in [0, 0.05) is 0 Å². The molecular formula is C15H11FN2O2. The Morgan fingerprint density at radius 3 is 2.65 bits per heavy atom. The van der Waals surface area contributed by atoms with Gasteiger partial charge in [0.1, 0.15) is 12.4 Å². The number of hydrogen-bond donors (Lipinski definition) is 1. The quantitative estimate of drug-likeness (QED) is 0.854. The van der Waals surface area contributed by atoms with E-state index in [1.165, 1.54) is 12.1 Å². The Balaban J connectivity index is 2.18. The second-order valence-corrected chi connectivity index (χ2v) is 4.44. The van der Waals surface area contributed by atoms with Gasteiger partial charge in [-0.3, -0.25) is 9.59 Å². The molecule has 100 valence electrons. The smallest absolute Gasteiger partial charge is 0.244 e. The van der Waals surface area contributed by atoms with E-state index in [2.05, 4.69) is 5.32 Å². The van der Waals surface area contributed by atoms with E-state index in [1.54, 1.807) is 23.1 Å². The summed E-state index contributed by atoms with van der Waals surface area (Å²) >= 11 is 0. The van der Waals surface area contributed by atoms with Crippen molar-refractivity contribution in [2.24, 2.45) is 0 Å². The van der Waals surface area contributed by atoms with Crippen molar-refractivity contribution < 1.29 is 14.0 Å². The van der Waals surface area contributed by atoms with Crippen molar-refractivity contribution in [2.75, 3.05) is 16.8 Å². The summed E-state index contributed by atoms with van der Waals surface area (Å²) in [5, 5.41) is 2.75. The van der Waals surface area contributed by atoms with Gasteiger partial charge in [-0.25, -0.2) is 4.39 Å². The number of benzene rings is 2. The highest BCUT2D eigenvalue weighted by molar-refractivity contribution is 6.04. The molecule has 0 aliphatic carbocycles. The normalized spacial score (nSPS) is 13.7. The van der Waals surface area contributed by atoms with Gasteiger partial charge >= 0.3 is 0 Å². The van der Waals surface area contributed by atoms with Gasteiger partial charge in [-0.1, -0.05) is 18.2 Å². The molecule has 4 nitrogen and oxygen atoms in total. The third kappa shape index (κ3) is 1.93. The van der Waals surface area contributed by atoms with Crippen LogP contribution >= 0.6 is 0 Å². The van der Waals surface area contributed by atoms with Gasteiger partial charge in [-0.05, 0) is 24.3 Å². The second-order valence-electron chi connectivity index (χ2n) is 4.44. The molecule has 0 bridgehead atoms. The fraction of sp³-hybridized carbons (Fsp3) is 0.0667. The number of aldehydes is 1. The number of nitrogens with one attached hydrogen (secondary N) is 1. The number of nitrogens with zero attached hydrogens (tertiary/aromatic N) is 1. The molecule has 0 saturated heterocycles. The molecule has 0 saturated carbocycles. The summed E-state index contributed by atoms with van der Waals surface area (Å²) in [6, 6.07) is 11.6. The topological polar surface area (TPSA) is 49.4 Å². The molecule has 5 heteroatoms. The SMILES string of the molecule is O=Cc1c(F)cccc1N1CC(=O)Nc2ccccc21. The molecule has 20 heavy (non-hydrogen) atoms. The van der Waals surface area contributed by atoms with Crippen LogP contribution in [-0.4, -0.2) is 18.7 Å². The van der Waals surface area contributed by atoms with Crippen LogP contribution in [0.25, 0.3) is 0 Å². The first-order chi connectivity index (χ1) is 9.70. The van der Waals surface area contributed by atoms with Crippen molar-refractivity contribution in [3.05, 3.63) is 53.8 Å². The third-order valence-corrected chi connectivity index (χ3v) is 3.21. The minimum atomic E-state index is -0.596. The van der Waals surface area contributed by atoms with E-state index >= 15 is 0 Å². The predicted molar refractivity (Wildman–Crippen MR) is 73.9 cm³/mol. The van der Waals surface area contributed by atoms with Crippen LogP contribution in [-0.2, 0) is 4.79 Å². The highest BCUT2D eigenvalue weighted by atomic mass is 19.1. The average Bonchev–Trinajstić information content (AvgIpc) is 2.46. The summed E-state index contributed by atoms with van der Waals surface area (Å²) in [7, 11) is 0. The Bertz CT molecular complexity index is 700. The zero-order chi connectivity index (χ0) is 14.1. The first-order valence-electron chi connectivity index (χ1n) is 6.11. The third-order valence-electron chi connectivity index (χ3n) is 3.21. The second kappa shape index (κ2) is 4.77. The number of amides is 1. The lowest BCUT2D eigenvalue weighted by molar-refractivity contribution is -0.115. The van der Waals surface area contributed by atoms with Crippen molar-refractivity contribution >= 4 is 29.3 Å². The minimum absolute atomic E-state index is 0.0430. The van der Waals surface area contributed by atoms with Crippen molar-refractivity contribution in [1.82, 2.24) is 0 Å². The van der Waals surface area contributed by atoms with Crippen LogP contribution in [0.15, 0.2) is 42.5 Å². The minimum Gasteiger partial charge on any atom is -0.330 e. The lowest BCUT2D eigenvalue weighted by Crippen LogP contribution is -2.35. The summed E-state index contributed by atoms with van der Waals surface area (Å²) in [5.74, 6) is -0.800. The van der Waals surface area contributed by atoms with E-state index in [0.717, 1.165) is 5.69 Å². The van der Waals surface area contributed by atoms with Gasteiger partial charge in [0.05, 0.1) is 22.6 Å². The molecule has 1 amide bonds. The summed E-state index contributed by atoms with van der Waals surface area (Å²) in [6.07, 6.45) is 0.472. The van der Waals surface area contributed by atoms with Gasteiger partial charge in [-0.15, -0.1) is 0 Å². The van der Waals surface area contributed by atoms with Crippen LogP contribution in [0.4, 0.5) is 21.5 Å². The van der Waals surface area contributed by atoms with Gasteiger partial charge in [-0.2, -0.15) is 0 Å². The van der Waals surface area contributed by atoms with E-state index in [9.17, 15) is 14.0 Å². The summed E-state index contributed by atoms with van der Waals surface area (Å²) < 4.78 is 13.7. The zero-order valence-corrected chi connectivity index (χ0v) is 10.5. The van der Waals surface area contributed by atoms with Crippen LogP contribution in [0.5, 0.6) is 0 Å². The van der Waals surface area contributed by atoms with Crippen LogP contribution < -0.4 is 10.2 Å². The van der Waals surface area contributed by atoms with E-state index in [4.69, 9.17) is 0 Å². The number of anilines is 3. The number of hydrogen-bond acceptors (Lipinski definition) is 3. The molecule has 1 aliphatic heterocycles. The van der Waals surface area contributed by atoms with Crippen molar-refractivity contribution in [3.63, 3.8) is 0 Å². The summed E-state index contributed by atoms with van der Waals surface area (Å²) in [6.45, 7) is 0.0430. The summed E-state index contributed by atoms with van der Waals surface area (Å²) in [5.41, 5.74) is 1.73. The van der Waals surface area contributed by atoms with Crippen LogP contribution in [0.1, 0.15) is 10.4 Å². The molecule has 2 aromatic carbocycles. The standard InChI is InChI=1S/C15H11FN2O2/c16-11-4-3-7-13(10(11)9-19)18-8-15(20)17-12-5-1-2-6-14(12)18/h1-7,9H,8H2,(H,17,20). The highest BCUT2D eigenvalue weighted by Gasteiger charge is 2.25. The molecule has 2 aromatic rings. The van der Waals surface area contributed by atoms with Crippen LogP contribution in [0.2, 0.25) is 0 Å². The Morgan fingerprint density at radius 2 is 1.85 bits per heavy atom. The monoisotopic (exact) mass is 270 g/mol. The Morgan fingerprint density at radius 1 is 1.10 bits per heavy atom. The first kappa shape index (κ1) is 12.3. The van der Waals surface area contributed by atoms with Crippen LogP contribution in [0, 0.1) is 5.82 Å². The van der Waals surface area contributed by atoms with E-state index in [0.29, 0.717) is 17.7 Å². The van der Waals surface area contributed by atoms with E-state index < -0.39 is 5.82 Å². The van der Waals surface area contributed by atoms with Gasteiger partial charge in [0.15, 0.2) is 6.29 Å². The molecular weight excluding hydrogens is 259 g/mol. The molecule has 0 fully saturated rings.